The van der Waals surface area contributed by atoms with Gasteiger partial charge in [-0.05, 0) is 36.7 Å². The molecule has 20 heavy (non-hydrogen) atoms. The van der Waals surface area contributed by atoms with Crippen molar-refractivity contribution in [2.24, 2.45) is 11.3 Å². The normalized spacial score (nSPS) is 27.6. The van der Waals surface area contributed by atoms with Crippen LogP contribution in [0, 0.1) is 11.3 Å². The Morgan fingerprint density at radius 1 is 1.25 bits per heavy atom. The van der Waals surface area contributed by atoms with E-state index in [4.69, 9.17) is 9.47 Å². The molecule has 2 aliphatic rings. The summed E-state index contributed by atoms with van der Waals surface area (Å²) < 4.78 is 11.0. The molecule has 110 valence electrons. The molecule has 1 aliphatic heterocycles. The van der Waals surface area contributed by atoms with Crippen LogP contribution < -0.4 is 14.8 Å². The molecule has 3 heteroatoms. The lowest BCUT2D eigenvalue weighted by molar-refractivity contribution is 0.150. The van der Waals surface area contributed by atoms with Crippen molar-refractivity contribution in [3.05, 3.63) is 23.8 Å². The molecule has 2 unspecified atom stereocenters. The second-order valence-corrected chi connectivity index (χ2v) is 7.14. The smallest absolute Gasteiger partial charge is 0.231 e. The highest BCUT2D eigenvalue weighted by Crippen LogP contribution is 2.39. The molecule has 2 atom stereocenters. The highest BCUT2D eigenvalue weighted by molar-refractivity contribution is 5.48. The molecule has 0 saturated heterocycles. The van der Waals surface area contributed by atoms with Gasteiger partial charge in [-0.1, -0.05) is 32.9 Å². The van der Waals surface area contributed by atoms with Crippen LogP contribution in [0.15, 0.2) is 18.2 Å². The Bertz CT molecular complexity index is 484. The molecule has 0 radical (unpaired) electrons. The monoisotopic (exact) mass is 275 g/mol. The third kappa shape index (κ3) is 2.93. The van der Waals surface area contributed by atoms with E-state index >= 15 is 0 Å². The molecule has 0 amide bonds. The van der Waals surface area contributed by atoms with Crippen LogP contribution in [0.1, 0.15) is 45.6 Å². The Morgan fingerprint density at radius 3 is 2.90 bits per heavy atom. The first kappa shape index (κ1) is 13.7. The molecule has 1 aromatic carbocycles. The van der Waals surface area contributed by atoms with Gasteiger partial charge in [0.15, 0.2) is 11.5 Å². The number of ether oxygens (including phenoxy) is 2. The van der Waals surface area contributed by atoms with Gasteiger partial charge in [-0.15, -0.1) is 0 Å². The van der Waals surface area contributed by atoms with Crippen LogP contribution in [0.5, 0.6) is 11.5 Å². The van der Waals surface area contributed by atoms with Crippen LogP contribution in [0.2, 0.25) is 0 Å². The lowest BCUT2D eigenvalue weighted by Crippen LogP contribution is -2.39. The second kappa shape index (κ2) is 5.28. The molecule has 0 aromatic heterocycles. The molecule has 0 bridgehead atoms. The van der Waals surface area contributed by atoms with Crippen LogP contribution in [0.3, 0.4) is 0 Å². The van der Waals surface area contributed by atoms with Gasteiger partial charge in [-0.3, -0.25) is 0 Å². The fourth-order valence-electron chi connectivity index (χ4n) is 3.89. The Hall–Kier alpha value is -1.22. The van der Waals surface area contributed by atoms with Gasteiger partial charge in [0.05, 0.1) is 0 Å². The van der Waals surface area contributed by atoms with Gasteiger partial charge in [-0.2, -0.15) is 0 Å². The van der Waals surface area contributed by atoms with Gasteiger partial charge in [0, 0.05) is 18.2 Å². The molecule has 1 N–H and O–H groups in total. The van der Waals surface area contributed by atoms with Gasteiger partial charge < -0.3 is 14.8 Å². The van der Waals surface area contributed by atoms with E-state index in [9.17, 15) is 0 Å². The average Bonchev–Trinajstić information content (AvgIpc) is 2.82. The molecule has 1 fully saturated rings. The van der Waals surface area contributed by atoms with Crippen LogP contribution in [0.4, 0.5) is 0 Å². The third-order valence-corrected chi connectivity index (χ3v) is 4.45. The highest BCUT2D eigenvalue weighted by atomic mass is 16.7. The molecule has 1 heterocycles. The summed E-state index contributed by atoms with van der Waals surface area (Å²) in [7, 11) is 0. The zero-order valence-electron chi connectivity index (χ0n) is 12.7. The SMILES string of the molecule is CC1CC(NCc2cccc3c2OCO3)CC(C)(C)C1. The van der Waals surface area contributed by atoms with Gasteiger partial charge in [0.1, 0.15) is 0 Å². The Balaban J connectivity index is 1.64. The minimum atomic E-state index is 0.347. The number of fused-ring (bicyclic) bond motifs is 1. The summed E-state index contributed by atoms with van der Waals surface area (Å²) >= 11 is 0. The zero-order valence-corrected chi connectivity index (χ0v) is 12.7. The minimum absolute atomic E-state index is 0.347. The highest BCUT2D eigenvalue weighted by Gasteiger charge is 2.31. The molecule has 3 nitrogen and oxygen atoms in total. The first-order valence-corrected chi connectivity index (χ1v) is 7.64. The fraction of sp³-hybridized carbons (Fsp3) is 0.647. The number of hydrogen-bond acceptors (Lipinski definition) is 3. The third-order valence-electron chi connectivity index (χ3n) is 4.45. The molecule has 1 saturated carbocycles. The van der Waals surface area contributed by atoms with Crippen molar-refractivity contribution in [3.63, 3.8) is 0 Å². The average molecular weight is 275 g/mol. The van der Waals surface area contributed by atoms with Crippen molar-refractivity contribution in [3.8, 4) is 11.5 Å². The topological polar surface area (TPSA) is 30.5 Å². The summed E-state index contributed by atoms with van der Waals surface area (Å²) in [5, 5.41) is 3.72. The molecule has 1 aliphatic carbocycles. The molecular weight excluding hydrogens is 250 g/mol. The predicted molar refractivity (Wildman–Crippen MR) is 80.0 cm³/mol. The van der Waals surface area contributed by atoms with E-state index in [-0.39, 0.29) is 0 Å². The van der Waals surface area contributed by atoms with Gasteiger partial charge in [0.2, 0.25) is 6.79 Å². The number of nitrogens with one attached hydrogen (secondary N) is 1. The van der Waals surface area contributed by atoms with E-state index in [0.717, 1.165) is 24.0 Å². The van der Waals surface area contributed by atoms with Crippen LogP contribution in [0.25, 0.3) is 0 Å². The number of hydrogen-bond donors (Lipinski definition) is 1. The Morgan fingerprint density at radius 2 is 2.10 bits per heavy atom. The molecule has 3 rings (SSSR count). The maximum absolute atomic E-state index is 5.57. The van der Waals surface area contributed by atoms with Crippen molar-refractivity contribution in [2.45, 2.75) is 52.6 Å². The first-order valence-electron chi connectivity index (χ1n) is 7.64. The zero-order chi connectivity index (χ0) is 14.2. The van der Waals surface area contributed by atoms with E-state index < -0.39 is 0 Å². The van der Waals surface area contributed by atoms with Crippen molar-refractivity contribution in [2.75, 3.05) is 6.79 Å². The largest absolute Gasteiger partial charge is 0.454 e. The molecular formula is C17H25NO2. The number of benzene rings is 1. The van der Waals surface area contributed by atoms with Crippen molar-refractivity contribution in [1.82, 2.24) is 5.32 Å². The lowest BCUT2D eigenvalue weighted by Gasteiger charge is -2.39. The van der Waals surface area contributed by atoms with Crippen LogP contribution >= 0.6 is 0 Å². The minimum Gasteiger partial charge on any atom is -0.454 e. The van der Waals surface area contributed by atoms with Gasteiger partial charge in [0.25, 0.3) is 0 Å². The van der Waals surface area contributed by atoms with Crippen LogP contribution in [-0.4, -0.2) is 12.8 Å². The molecule has 0 spiro atoms. The standard InChI is InChI=1S/C17H25NO2/c1-12-7-14(9-17(2,3)8-12)18-10-13-5-4-6-15-16(13)20-11-19-15/h4-6,12,14,18H,7-11H2,1-3H3. The maximum Gasteiger partial charge on any atom is 0.231 e. The van der Waals surface area contributed by atoms with Crippen LogP contribution in [-0.2, 0) is 6.54 Å². The second-order valence-electron chi connectivity index (χ2n) is 7.14. The van der Waals surface area contributed by atoms with Crippen molar-refractivity contribution in [1.29, 1.82) is 0 Å². The van der Waals surface area contributed by atoms with Gasteiger partial charge in [-0.25, -0.2) is 0 Å². The Kier molecular flexibility index (Phi) is 3.63. The van der Waals surface area contributed by atoms with Crippen molar-refractivity contribution < 1.29 is 9.47 Å². The Labute approximate surface area is 121 Å². The number of rotatable bonds is 3. The lowest BCUT2D eigenvalue weighted by atomic mass is 9.70. The van der Waals surface area contributed by atoms with Crippen molar-refractivity contribution >= 4 is 0 Å². The molecule has 1 aromatic rings. The van der Waals surface area contributed by atoms with E-state index in [1.807, 2.05) is 12.1 Å². The van der Waals surface area contributed by atoms with E-state index in [1.165, 1.54) is 24.8 Å². The first-order chi connectivity index (χ1) is 9.53. The summed E-state index contributed by atoms with van der Waals surface area (Å²) in [4.78, 5) is 0. The summed E-state index contributed by atoms with van der Waals surface area (Å²) in [6.45, 7) is 8.34. The van der Waals surface area contributed by atoms with Gasteiger partial charge >= 0.3 is 0 Å². The maximum atomic E-state index is 5.57. The fourth-order valence-corrected chi connectivity index (χ4v) is 3.89. The predicted octanol–water partition coefficient (Wildman–Crippen LogP) is 3.72. The quantitative estimate of drug-likeness (QED) is 0.912. The van der Waals surface area contributed by atoms with E-state index in [0.29, 0.717) is 18.2 Å². The summed E-state index contributed by atoms with van der Waals surface area (Å²) in [6.07, 6.45) is 3.86. The summed E-state index contributed by atoms with van der Waals surface area (Å²) in [6, 6.07) is 6.74. The summed E-state index contributed by atoms with van der Waals surface area (Å²) in [5.74, 6) is 2.60. The number of para-hydroxylation sites is 1. The van der Waals surface area contributed by atoms with E-state index in [2.05, 4.69) is 32.2 Å². The van der Waals surface area contributed by atoms with E-state index in [1.54, 1.807) is 0 Å². The summed E-state index contributed by atoms with van der Waals surface area (Å²) in [5.41, 5.74) is 1.66.